The smallest absolute Gasteiger partial charge is 0.110 e. The number of hydrogen-bond donors (Lipinski definition) is 2. The lowest BCUT2D eigenvalue weighted by Gasteiger charge is -2.30. The zero-order valence-corrected chi connectivity index (χ0v) is 10.5. The van der Waals surface area contributed by atoms with E-state index in [4.69, 9.17) is 4.74 Å². The number of rotatable bonds is 7. The average molecular weight is 227 g/mol. The molecule has 0 bridgehead atoms. The van der Waals surface area contributed by atoms with Gasteiger partial charge in [0.1, 0.15) is 6.10 Å². The van der Waals surface area contributed by atoms with Crippen molar-refractivity contribution in [1.29, 1.82) is 0 Å². The van der Waals surface area contributed by atoms with Crippen LogP contribution < -0.4 is 5.32 Å². The van der Waals surface area contributed by atoms with E-state index in [1.54, 1.807) is 6.26 Å². The number of aliphatic hydroxyl groups is 1. The first-order chi connectivity index (χ1) is 7.76. The maximum absolute atomic E-state index is 9.43. The fourth-order valence-electron chi connectivity index (χ4n) is 2.01. The number of aliphatic hydroxyl groups excluding tert-OH is 1. The zero-order valence-electron chi connectivity index (χ0n) is 10.5. The highest BCUT2D eigenvalue weighted by Crippen LogP contribution is 2.24. The molecule has 0 spiro atoms. The van der Waals surface area contributed by atoms with E-state index >= 15 is 0 Å². The van der Waals surface area contributed by atoms with Crippen LogP contribution >= 0.6 is 0 Å². The third-order valence-corrected chi connectivity index (χ3v) is 3.73. The molecule has 0 amide bonds. The predicted octanol–water partition coefficient (Wildman–Crippen LogP) is 2.07. The molecule has 1 atom stereocenters. The molecule has 0 fully saturated rings. The molecular weight excluding hydrogens is 202 g/mol. The van der Waals surface area contributed by atoms with E-state index in [9.17, 15) is 5.11 Å². The Morgan fingerprint density at radius 1 is 1.44 bits per heavy atom. The van der Waals surface area contributed by atoms with Crippen LogP contribution in [0.5, 0.6) is 0 Å². The molecule has 0 aromatic heterocycles. The first-order valence-corrected chi connectivity index (χ1v) is 6.38. The monoisotopic (exact) mass is 227 g/mol. The van der Waals surface area contributed by atoms with Crippen LogP contribution in [-0.4, -0.2) is 30.9 Å². The van der Waals surface area contributed by atoms with Gasteiger partial charge in [0.15, 0.2) is 0 Å². The van der Waals surface area contributed by atoms with Gasteiger partial charge in [0.05, 0.1) is 6.26 Å². The lowest BCUT2D eigenvalue weighted by molar-refractivity contribution is 0.0931. The number of nitrogens with one attached hydrogen (secondary N) is 1. The Balaban J connectivity index is 2.24. The van der Waals surface area contributed by atoms with Gasteiger partial charge in [-0.1, -0.05) is 13.8 Å². The third-order valence-electron chi connectivity index (χ3n) is 3.73. The maximum atomic E-state index is 9.43. The van der Waals surface area contributed by atoms with Gasteiger partial charge in [-0.2, -0.15) is 0 Å². The first kappa shape index (κ1) is 13.5. The SMILES string of the molecule is CCC(CC)(CO)CNCC1CCC=CO1. The van der Waals surface area contributed by atoms with E-state index in [0.29, 0.717) is 6.10 Å². The number of allylic oxidation sites excluding steroid dienone is 1. The summed E-state index contributed by atoms with van der Waals surface area (Å²) in [7, 11) is 0. The van der Waals surface area contributed by atoms with E-state index in [-0.39, 0.29) is 12.0 Å². The second-order valence-corrected chi connectivity index (χ2v) is 4.70. The second-order valence-electron chi connectivity index (χ2n) is 4.70. The van der Waals surface area contributed by atoms with Crippen molar-refractivity contribution in [2.75, 3.05) is 19.7 Å². The molecular formula is C13H25NO2. The Morgan fingerprint density at radius 2 is 2.19 bits per heavy atom. The first-order valence-electron chi connectivity index (χ1n) is 6.38. The Bertz CT molecular complexity index is 204. The van der Waals surface area contributed by atoms with Crippen molar-refractivity contribution in [2.45, 2.75) is 45.6 Å². The van der Waals surface area contributed by atoms with Crippen LogP contribution in [0.15, 0.2) is 12.3 Å². The topological polar surface area (TPSA) is 41.5 Å². The van der Waals surface area contributed by atoms with E-state index in [0.717, 1.165) is 38.8 Å². The molecule has 0 aliphatic carbocycles. The second kappa shape index (κ2) is 6.92. The maximum Gasteiger partial charge on any atom is 0.110 e. The molecule has 1 aliphatic heterocycles. The minimum atomic E-state index is 0.0461. The van der Waals surface area contributed by atoms with Gasteiger partial charge in [0.25, 0.3) is 0 Å². The molecule has 3 heteroatoms. The van der Waals surface area contributed by atoms with Crippen molar-refractivity contribution >= 4 is 0 Å². The third kappa shape index (κ3) is 3.80. The number of hydrogen-bond acceptors (Lipinski definition) is 3. The van der Waals surface area contributed by atoms with E-state index < -0.39 is 0 Å². The standard InChI is InChI=1S/C13H25NO2/c1-3-13(4-2,11-15)10-14-9-12-7-5-6-8-16-12/h6,8,12,14-15H,3-5,7,9-11H2,1-2H3. The quantitative estimate of drug-likeness (QED) is 0.699. The average Bonchev–Trinajstić information content (AvgIpc) is 2.37. The molecule has 16 heavy (non-hydrogen) atoms. The van der Waals surface area contributed by atoms with Crippen molar-refractivity contribution in [3.05, 3.63) is 12.3 Å². The molecule has 3 nitrogen and oxygen atoms in total. The van der Waals surface area contributed by atoms with E-state index in [1.165, 1.54) is 0 Å². The summed E-state index contributed by atoms with van der Waals surface area (Å²) in [6.07, 6.45) is 8.39. The minimum Gasteiger partial charge on any atom is -0.497 e. The highest BCUT2D eigenvalue weighted by atomic mass is 16.5. The van der Waals surface area contributed by atoms with Crippen molar-refractivity contribution in [3.63, 3.8) is 0 Å². The van der Waals surface area contributed by atoms with Crippen LogP contribution in [0.4, 0.5) is 0 Å². The highest BCUT2D eigenvalue weighted by Gasteiger charge is 2.25. The summed E-state index contributed by atoms with van der Waals surface area (Å²) in [6.45, 7) is 6.30. The highest BCUT2D eigenvalue weighted by molar-refractivity contribution is 4.84. The zero-order chi connectivity index (χ0) is 11.9. The van der Waals surface area contributed by atoms with Gasteiger partial charge in [-0.3, -0.25) is 0 Å². The fraction of sp³-hybridized carbons (Fsp3) is 0.846. The molecule has 94 valence electrons. The molecule has 1 rings (SSSR count). The van der Waals surface area contributed by atoms with Crippen LogP contribution in [0.1, 0.15) is 39.5 Å². The summed E-state index contributed by atoms with van der Waals surface area (Å²) in [5.41, 5.74) is 0.0461. The molecule has 0 aromatic rings. The molecule has 0 saturated heterocycles. The Kier molecular flexibility index (Phi) is 5.85. The largest absolute Gasteiger partial charge is 0.497 e. The number of ether oxygens (including phenoxy) is 1. The summed E-state index contributed by atoms with van der Waals surface area (Å²) in [4.78, 5) is 0. The minimum absolute atomic E-state index is 0.0461. The van der Waals surface area contributed by atoms with Crippen molar-refractivity contribution in [2.24, 2.45) is 5.41 Å². The Morgan fingerprint density at radius 3 is 2.69 bits per heavy atom. The van der Waals surface area contributed by atoms with Gasteiger partial charge in [0, 0.05) is 25.1 Å². The van der Waals surface area contributed by atoms with Crippen LogP contribution in [0.2, 0.25) is 0 Å². The van der Waals surface area contributed by atoms with Crippen molar-refractivity contribution in [1.82, 2.24) is 5.32 Å². The van der Waals surface area contributed by atoms with Crippen LogP contribution in [0, 0.1) is 5.41 Å². The van der Waals surface area contributed by atoms with Gasteiger partial charge < -0.3 is 15.2 Å². The van der Waals surface area contributed by atoms with Gasteiger partial charge in [-0.25, -0.2) is 0 Å². The summed E-state index contributed by atoms with van der Waals surface area (Å²) in [6, 6.07) is 0. The Hall–Kier alpha value is -0.540. The molecule has 1 heterocycles. The molecule has 1 aliphatic rings. The van der Waals surface area contributed by atoms with Crippen molar-refractivity contribution in [3.8, 4) is 0 Å². The normalized spacial score (nSPS) is 20.8. The molecule has 0 radical (unpaired) electrons. The Labute approximate surface area is 98.9 Å². The lowest BCUT2D eigenvalue weighted by Crippen LogP contribution is -2.40. The molecule has 2 N–H and O–H groups in total. The van der Waals surface area contributed by atoms with Crippen LogP contribution in [0.25, 0.3) is 0 Å². The lowest BCUT2D eigenvalue weighted by atomic mass is 9.83. The van der Waals surface area contributed by atoms with Gasteiger partial charge >= 0.3 is 0 Å². The van der Waals surface area contributed by atoms with Crippen LogP contribution in [0.3, 0.4) is 0 Å². The van der Waals surface area contributed by atoms with Crippen LogP contribution in [-0.2, 0) is 4.74 Å². The van der Waals surface area contributed by atoms with E-state index in [1.807, 2.05) is 0 Å². The summed E-state index contributed by atoms with van der Waals surface area (Å²) in [5.74, 6) is 0. The predicted molar refractivity (Wildman–Crippen MR) is 66.2 cm³/mol. The fourth-order valence-corrected chi connectivity index (χ4v) is 2.01. The van der Waals surface area contributed by atoms with E-state index in [2.05, 4.69) is 25.2 Å². The van der Waals surface area contributed by atoms with Gasteiger partial charge in [0.2, 0.25) is 0 Å². The summed E-state index contributed by atoms with van der Waals surface area (Å²) < 4.78 is 5.49. The van der Waals surface area contributed by atoms with Gasteiger partial charge in [-0.15, -0.1) is 0 Å². The van der Waals surface area contributed by atoms with Crippen molar-refractivity contribution < 1.29 is 9.84 Å². The summed E-state index contributed by atoms with van der Waals surface area (Å²) in [5, 5.41) is 12.9. The summed E-state index contributed by atoms with van der Waals surface area (Å²) >= 11 is 0. The molecule has 0 saturated carbocycles. The molecule has 0 aromatic carbocycles. The van der Waals surface area contributed by atoms with Gasteiger partial charge in [-0.05, 0) is 31.8 Å². The molecule has 1 unspecified atom stereocenters.